The smallest absolute Gasteiger partial charge is 0.399 e. The third-order valence-electron chi connectivity index (χ3n) is 4.33. The third kappa shape index (κ3) is 3.02. The van der Waals surface area contributed by atoms with Gasteiger partial charge < -0.3 is 11.1 Å². The minimum Gasteiger partial charge on any atom is -0.399 e. The molecular formula is C15H19F3N2. The van der Waals surface area contributed by atoms with Crippen molar-refractivity contribution in [2.24, 2.45) is 17.8 Å². The van der Waals surface area contributed by atoms with Crippen molar-refractivity contribution in [3.05, 3.63) is 23.8 Å². The SMILES string of the molecule is Nc1ccc(NCC(C2CC2)C2CC2)c(C(F)(F)F)c1. The van der Waals surface area contributed by atoms with Gasteiger partial charge in [-0.05, 0) is 61.6 Å². The summed E-state index contributed by atoms with van der Waals surface area (Å²) in [5.74, 6) is 1.98. The molecule has 110 valence electrons. The molecule has 0 radical (unpaired) electrons. The van der Waals surface area contributed by atoms with Crippen molar-refractivity contribution in [3.8, 4) is 0 Å². The van der Waals surface area contributed by atoms with Crippen LogP contribution >= 0.6 is 0 Å². The number of nitrogens with two attached hydrogens (primary N) is 1. The topological polar surface area (TPSA) is 38.0 Å². The molecule has 0 aliphatic heterocycles. The van der Waals surface area contributed by atoms with Crippen LogP contribution in [0.1, 0.15) is 31.2 Å². The molecule has 1 aromatic carbocycles. The van der Waals surface area contributed by atoms with E-state index in [1.165, 1.54) is 37.8 Å². The lowest BCUT2D eigenvalue weighted by Gasteiger charge is -2.20. The van der Waals surface area contributed by atoms with E-state index in [2.05, 4.69) is 5.32 Å². The van der Waals surface area contributed by atoms with Gasteiger partial charge in [0.05, 0.1) is 5.56 Å². The number of halogens is 3. The quantitative estimate of drug-likeness (QED) is 0.798. The van der Waals surface area contributed by atoms with Crippen LogP contribution in [0.5, 0.6) is 0 Å². The second kappa shape index (κ2) is 4.86. The van der Waals surface area contributed by atoms with E-state index in [-0.39, 0.29) is 11.4 Å². The van der Waals surface area contributed by atoms with Crippen molar-refractivity contribution in [1.29, 1.82) is 0 Å². The first-order valence-electron chi connectivity index (χ1n) is 7.16. The maximum absolute atomic E-state index is 13.0. The summed E-state index contributed by atoms with van der Waals surface area (Å²) in [5.41, 5.74) is 5.10. The number of alkyl halides is 3. The predicted octanol–water partition coefficient (Wildman–Crippen LogP) is 4.14. The molecule has 0 saturated heterocycles. The maximum atomic E-state index is 13.0. The Balaban J connectivity index is 1.73. The summed E-state index contributed by atoms with van der Waals surface area (Å²) in [7, 11) is 0. The summed E-state index contributed by atoms with van der Waals surface area (Å²) in [4.78, 5) is 0. The van der Waals surface area contributed by atoms with Gasteiger partial charge in [0, 0.05) is 17.9 Å². The Bertz CT molecular complexity index is 478. The van der Waals surface area contributed by atoms with Crippen molar-refractivity contribution < 1.29 is 13.2 Å². The Morgan fingerprint density at radius 2 is 1.75 bits per heavy atom. The maximum Gasteiger partial charge on any atom is 0.418 e. The zero-order chi connectivity index (χ0) is 14.3. The molecule has 0 bridgehead atoms. The fraction of sp³-hybridized carbons (Fsp3) is 0.600. The van der Waals surface area contributed by atoms with Crippen LogP contribution in [-0.2, 0) is 6.18 Å². The predicted molar refractivity (Wildman–Crippen MR) is 73.3 cm³/mol. The van der Waals surface area contributed by atoms with E-state index in [9.17, 15) is 13.2 Å². The lowest BCUT2D eigenvalue weighted by molar-refractivity contribution is -0.136. The van der Waals surface area contributed by atoms with Gasteiger partial charge in [-0.3, -0.25) is 0 Å². The van der Waals surface area contributed by atoms with Crippen molar-refractivity contribution in [3.63, 3.8) is 0 Å². The van der Waals surface area contributed by atoms with Gasteiger partial charge in [0.2, 0.25) is 0 Å². The largest absolute Gasteiger partial charge is 0.418 e. The molecule has 2 fully saturated rings. The van der Waals surface area contributed by atoms with Crippen LogP contribution in [0, 0.1) is 17.8 Å². The fourth-order valence-electron chi connectivity index (χ4n) is 2.95. The van der Waals surface area contributed by atoms with Gasteiger partial charge in [0.1, 0.15) is 0 Å². The Labute approximate surface area is 116 Å². The van der Waals surface area contributed by atoms with Gasteiger partial charge in [-0.15, -0.1) is 0 Å². The minimum absolute atomic E-state index is 0.142. The highest BCUT2D eigenvalue weighted by Crippen LogP contribution is 2.49. The number of rotatable bonds is 5. The third-order valence-corrected chi connectivity index (χ3v) is 4.33. The van der Waals surface area contributed by atoms with E-state index >= 15 is 0 Å². The molecule has 0 unspecified atom stereocenters. The van der Waals surface area contributed by atoms with Gasteiger partial charge in [-0.2, -0.15) is 13.2 Å². The van der Waals surface area contributed by atoms with E-state index < -0.39 is 11.7 Å². The summed E-state index contributed by atoms with van der Waals surface area (Å²) >= 11 is 0. The highest BCUT2D eigenvalue weighted by molar-refractivity contribution is 5.59. The highest BCUT2D eigenvalue weighted by atomic mass is 19.4. The summed E-state index contributed by atoms with van der Waals surface area (Å²) in [5, 5.41) is 3.01. The molecule has 0 heterocycles. The Morgan fingerprint density at radius 3 is 2.25 bits per heavy atom. The van der Waals surface area contributed by atoms with E-state index in [0.29, 0.717) is 12.5 Å². The standard InChI is InChI=1S/C15H19F3N2/c16-15(17,18)13-7-11(19)5-6-14(13)20-8-12(9-1-2-9)10-3-4-10/h5-7,9-10,12,20H,1-4,8,19H2. The molecule has 2 aliphatic carbocycles. The molecule has 5 heteroatoms. The molecule has 0 atom stereocenters. The van der Waals surface area contributed by atoms with Crippen molar-refractivity contribution in [2.75, 3.05) is 17.6 Å². The molecule has 0 aromatic heterocycles. The molecular weight excluding hydrogens is 265 g/mol. The first-order valence-corrected chi connectivity index (χ1v) is 7.16. The molecule has 20 heavy (non-hydrogen) atoms. The molecule has 2 aliphatic rings. The van der Waals surface area contributed by atoms with Crippen molar-refractivity contribution >= 4 is 11.4 Å². The van der Waals surface area contributed by atoms with E-state index in [1.807, 2.05) is 0 Å². The van der Waals surface area contributed by atoms with Crippen LogP contribution < -0.4 is 11.1 Å². The highest BCUT2D eigenvalue weighted by Gasteiger charge is 2.41. The lowest BCUT2D eigenvalue weighted by atomic mass is 9.97. The lowest BCUT2D eigenvalue weighted by Crippen LogP contribution is -2.20. The summed E-state index contributed by atoms with van der Waals surface area (Å²) in [6, 6.07) is 3.96. The molecule has 3 rings (SSSR count). The number of anilines is 2. The number of hydrogen-bond donors (Lipinski definition) is 2. The zero-order valence-corrected chi connectivity index (χ0v) is 11.2. The monoisotopic (exact) mass is 284 g/mol. The van der Waals surface area contributed by atoms with Crippen molar-refractivity contribution in [2.45, 2.75) is 31.9 Å². The molecule has 0 amide bonds. The Hall–Kier alpha value is -1.39. The summed E-state index contributed by atoms with van der Waals surface area (Å²) < 4.78 is 39.0. The van der Waals surface area contributed by atoms with E-state index in [0.717, 1.165) is 17.9 Å². The van der Waals surface area contributed by atoms with E-state index in [4.69, 9.17) is 5.73 Å². The minimum atomic E-state index is -4.37. The molecule has 0 spiro atoms. The van der Waals surface area contributed by atoms with Gasteiger partial charge >= 0.3 is 6.18 Å². The molecule has 3 N–H and O–H groups in total. The summed E-state index contributed by atoms with van der Waals surface area (Å²) in [6.07, 6.45) is 0.563. The van der Waals surface area contributed by atoms with Gasteiger partial charge in [0.15, 0.2) is 0 Å². The Kier molecular flexibility index (Phi) is 3.30. The average molecular weight is 284 g/mol. The fourth-order valence-corrected chi connectivity index (χ4v) is 2.95. The Morgan fingerprint density at radius 1 is 1.15 bits per heavy atom. The van der Waals surface area contributed by atoms with Crippen LogP contribution in [0.2, 0.25) is 0 Å². The normalized spacial score (nSPS) is 19.4. The van der Waals surface area contributed by atoms with E-state index in [1.54, 1.807) is 0 Å². The van der Waals surface area contributed by atoms with Crippen LogP contribution in [-0.4, -0.2) is 6.54 Å². The first kappa shape index (κ1) is 13.6. The van der Waals surface area contributed by atoms with Crippen LogP contribution in [0.25, 0.3) is 0 Å². The molecule has 2 saturated carbocycles. The second-order valence-corrected chi connectivity index (χ2v) is 6.02. The second-order valence-electron chi connectivity index (χ2n) is 6.02. The van der Waals surface area contributed by atoms with Gasteiger partial charge in [-0.25, -0.2) is 0 Å². The number of nitrogen functional groups attached to an aromatic ring is 1. The zero-order valence-electron chi connectivity index (χ0n) is 11.2. The van der Waals surface area contributed by atoms with Crippen LogP contribution in [0.4, 0.5) is 24.5 Å². The van der Waals surface area contributed by atoms with Gasteiger partial charge in [0.25, 0.3) is 0 Å². The van der Waals surface area contributed by atoms with Crippen LogP contribution in [0.15, 0.2) is 18.2 Å². The van der Waals surface area contributed by atoms with Crippen LogP contribution in [0.3, 0.4) is 0 Å². The molecule has 2 nitrogen and oxygen atoms in total. The summed E-state index contributed by atoms with van der Waals surface area (Å²) in [6.45, 7) is 0.641. The molecule has 1 aromatic rings. The number of benzene rings is 1. The number of hydrogen-bond acceptors (Lipinski definition) is 2. The first-order chi connectivity index (χ1) is 9.45. The average Bonchev–Trinajstić information content (AvgIpc) is 3.24. The number of nitrogens with one attached hydrogen (secondary N) is 1. The van der Waals surface area contributed by atoms with Gasteiger partial charge in [-0.1, -0.05) is 0 Å². The van der Waals surface area contributed by atoms with Crippen molar-refractivity contribution in [1.82, 2.24) is 0 Å².